The zero-order valence-electron chi connectivity index (χ0n) is 19.4. The lowest BCUT2D eigenvalue weighted by molar-refractivity contribution is -0.117. The minimum atomic E-state index is -1.26. The highest BCUT2D eigenvalue weighted by Crippen LogP contribution is 2.25. The number of aromatic nitrogens is 3. The van der Waals surface area contributed by atoms with Crippen molar-refractivity contribution in [3.05, 3.63) is 66.2 Å². The predicted molar refractivity (Wildman–Crippen MR) is 127 cm³/mol. The molecule has 174 valence electrons. The molecule has 0 bridgehead atoms. The Morgan fingerprint density at radius 3 is 2.74 bits per heavy atom. The molecular formula is C26H26N4O4. The molecule has 8 heteroatoms. The van der Waals surface area contributed by atoms with E-state index in [4.69, 9.17) is 4.74 Å². The van der Waals surface area contributed by atoms with Gasteiger partial charge in [-0.25, -0.2) is 9.78 Å². The monoisotopic (exact) mass is 458 g/mol. The summed E-state index contributed by atoms with van der Waals surface area (Å²) in [4.78, 5) is 37.6. The average Bonchev–Trinajstić information content (AvgIpc) is 2.86. The highest BCUT2D eigenvalue weighted by atomic mass is 16.5. The highest BCUT2D eigenvalue weighted by Gasteiger charge is 2.17. The third-order valence-corrected chi connectivity index (χ3v) is 4.93. The lowest BCUT2D eigenvalue weighted by atomic mass is 10.0. The summed E-state index contributed by atoms with van der Waals surface area (Å²) in [6.45, 7) is 3.97. The van der Waals surface area contributed by atoms with Crippen LogP contribution >= 0.6 is 0 Å². The number of nitrogens with zero attached hydrogens (tertiary/aromatic N) is 4. The summed E-state index contributed by atoms with van der Waals surface area (Å²) in [5, 5.41) is 10.5. The number of hydrogen-bond acceptors (Lipinski definition) is 7. The van der Waals surface area contributed by atoms with Crippen molar-refractivity contribution in [2.45, 2.75) is 25.9 Å². The first-order valence-corrected chi connectivity index (χ1v) is 10.8. The minimum Gasteiger partial charge on any atom is -0.461 e. The van der Waals surface area contributed by atoms with Gasteiger partial charge in [0.2, 0.25) is 6.41 Å². The number of rotatable bonds is 8. The SMILES string of the molecule is CCOC(=O)c1cc(-c2cnccn2)cc(-c2cccc(C#CC(C)(O)CCN(C)C=O)c2)n1. The number of pyridine rings is 1. The van der Waals surface area contributed by atoms with Gasteiger partial charge >= 0.3 is 5.97 Å². The second kappa shape index (κ2) is 11.2. The van der Waals surface area contributed by atoms with Gasteiger partial charge in [0.25, 0.3) is 0 Å². The van der Waals surface area contributed by atoms with Crippen LogP contribution in [0.15, 0.2) is 55.0 Å². The number of ether oxygens (including phenoxy) is 1. The molecule has 1 unspecified atom stereocenters. The molecule has 1 N–H and O–H groups in total. The number of benzene rings is 1. The lowest BCUT2D eigenvalue weighted by Crippen LogP contribution is -2.29. The van der Waals surface area contributed by atoms with Crippen LogP contribution < -0.4 is 0 Å². The van der Waals surface area contributed by atoms with Crippen LogP contribution in [0.3, 0.4) is 0 Å². The fraction of sp³-hybridized carbons (Fsp3) is 0.269. The van der Waals surface area contributed by atoms with E-state index in [0.717, 1.165) is 5.56 Å². The number of hydrogen-bond donors (Lipinski definition) is 1. The Kier molecular flexibility index (Phi) is 8.06. The molecule has 0 aliphatic carbocycles. The molecule has 0 aliphatic heterocycles. The minimum absolute atomic E-state index is 0.165. The van der Waals surface area contributed by atoms with Crippen molar-refractivity contribution in [2.24, 2.45) is 0 Å². The molecule has 1 aromatic carbocycles. The lowest BCUT2D eigenvalue weighted by Gasteiger charge is -2.19. The van der Waals surface area contributed by atoms with E-state index in [1.807, 2.05) is 30.3 Å². The molecule has 1 amide bonds. The molecule has 0 aliphatic rings. The number of carbonyl (C=O) groups is 2. The molecule has 1 atom stereocenters. The van der Waals surface area contributed by atoms with E-state index >= 15 is 0 Å². The van der Waals surface area contributed by atoms with Gasteiger partial charge in [-0.3, -0.25) is 14.8 Å². The second-order valence-electron chi connectivity index (χ2n) is 7.88. The van der Waals surface area contributed by atoms with E-state index < -0.39 is 11.6 Å². The first-order valence-electron chi connectivity index (χ1n) is 10.8. The molecule has 0 fully saturated rings. The van der Waals surface area contributed by atoms with Crippen molar-refractivity contribution in [1.82, 2.24) is 19.9 Å². The van der Waals surface area contributed by atoms with Crippen molar-refractivity contribution in [3.8, 4) is 34.4 Å². The maximum atomic E-state index is 12.4. The van der Waals surface area contributed by atoms with Crippen LogP contribution in [-0.4, -0.2) is 63.1 Å². The van der Waals surface area contributed by atoms with E-state index in [2.05, 4.69) is 26.8 Å². The van der Waals surface area contributed by atoms with E-state index in [9.17, 15) is 14.7 Å². The molecule has 0 spiro atoms. The normalized spacial score (nSPS) is 12.1. The molecule has 34 heavy (non-hydrogen) atoms. The maximum Gasteiger partial charge on any atom is 0.356 e. The fourth-order valence-electron chi connectivity index (χ4n) is 3.06. The van der Waals surface area contributed by atoms with E-state index in [1.165, 1.54) is 4.90 Å². The van der Waals surface area contributed by atoms with Gasteiger partial charge in [0.1, 0.15) is 11.3 Å². The Morgan fingerprint density at radius 1 is 1.21 bits per heavy atom. The Balaban J connectivity index is 1.96. The molecule has 8 nitrogen and oxygen atoms in total. The van der Waals surface area contributed by atoms with Crippen LogP contribution in [0.25, 0.3) is 22.5 Å². The first kappa shape index (κ1) is 24.6. The average molecular weight is 459 g/mol. The Morgan fingerprint density at radius 2 is 2.03 bits per heavy atom. The highest BCUT2D eigenvalue weighted by molar-refractivity contribution is 5.90. The predicted octanol–water partition coefficient (Wildman–Crippen LogP) is 2.96. The summed E-state index contributed by atoms with van der Waals surface area (Å²) in [7, 11) is 1.65. The summed E-state index contributed by atoms with van der Waals surface area (Å²) >= 11 is 0. The van der Waals surface area contributed by atoms with Crippen molar-refractivity contribution in [2.75, 3.05) is 20.2 Å². The van der Waals surface area contributed by atoms with Gasteiger partial charge in [-0.05, 0) is 38.1 Å². The quantitative estimate of drug-likeness (QED) is 0.314. The molecule has 3 aromatic rings. The molecule has 0 saturated carbocycles. The van der Waals surface area contributed by atoms with Crippen LogP contribution in [0.2, 0.25) is 0 Å². The van der Waals surface area contributed by atoms with Crippen LogP contribution in [0, 0.1) is 11.8 Å². The van der Waals surface area contributed by atoms with Gasteiger partial charge in [-0.1, -0.05) is 24.0 Å². The Labute approximate surface area is 198 Å². The van der Waals surface area contributed by atoms with Crippen LogP contribution in [0.5, 0.6) is 0 Å². The maximum absolute atomic E-state index is 12.4. The molecule has 2 aromatic heterocycles. The number of aliphatic hydroxyl groups is 1. The molecule has 0 radical (unpaired) electrons. The van der Waals surface area contributed by atoms with Crippen LogP contribution in [-0.2, 0) is 9.53 Å². The third-order valence-electron chi connectivity index (χ3n) is 4.93. The second-order valence-corrected chi connectivity index (χ2v) is 7.88. The molecule has 3 rings (SSSR count). The first-order chi connectivity index (χ1) is 16.3. The van der Waals surface area contributed by atoms with E-state index in [1.54, 1.807) is 45.6 Å². The zero-order valence-corrected chi connectivity index (χ0v) is 19.4. The van der Waals surface area contributed by atoms with Crippen molar-refractivity contribution in [1.29, 1.82) is 0 Å². The van der Waals surface area contributed by atoms with Gasteiger partial charge in [-0.15, -0.1) is 0 Å². The fourth-order valence-corrected chi connectivity index (χ4v) is 3.06. The molecule has 2 heterocycles. The zero-order chi connectivity index (χ0) is 24.6. The molecule has 0 saturated heterocycles. The Bertz CT molecular complexity index is 1220. The molecular weight excluding hydrogens is 432 g/mol. The Hall–Kier alpha value is -4.09. The summed E-state index contributed by atoms with van der Waals surface area (Å²) in [5.74, 6) is 5.33. The largest absolute Gasteiger partial charge is 0.461 e. The third kappa shape index (κ3) is 6.70. The summed E-state index contributed by atoms with van der Waals surface area (Å²) in [6, 6.07) is 10.8. The van der Waals surface area contributed by atoms with Gasteiger partial charge in [0, 0.05) is 49.1 Å². The van der Waals surface area contributed by atoms with Gasteiger partial charge in [0.05, 0.1) is 24.2 Å². The number of esters is 1. The van der Waals surface area contributed by atoms with Crippen molar-refractivity contribution >= 4 is 12.4 Å². The summed E-state index contributed by atoms with van der Waals surface area (Å²) in [6.07, 6.45) is 5.79. The van der Waals surface area contributed by atoms with Crippen molar-refractivity contribution < 1.29 is 19.4 Å². The number of carbonyl (C=O) groups excluding carboxylic acids is 2. The van der Waals surface area contributed by atoms with Crippen LogP contribution in [0.4, 0.5) is 0 Å². The topological polar surface area (TPSA) is 106 Å². The smallest absolute Gasteiger partial charge is 0.356 e. The standard InChI is InChI=1S/C26H26N4O4/c1-4-34-25(32)23-16-21(24-17-27-11-12-28-24)15-22(29-23)20-7-5-6-19(14-20)8-9-26(2,33)10-13-30(3)18-31/h5-7,11-12,14-18,33H,4,10,13H2,1-3H3. The summed E-state index contributed by atoms with van der Waals surface area (Å²) < 4.78 is 5.14. The van der Waals surface area contributed by atoms with Gasteiger partial charge < -0.3 is 14.7 Å². The summed E-state index contributed by atoms with van der Waals surface area (Å²) in [5.41, 5.74) is 2.15. The van der Waals surface area contributed by atoms with Crippen molar-refractivity contribution in [3.63, 3.8) is 0 Å². The number of amides is 1. The van der Waals surface area contributed by atoms with Gasteiger partial charge in [-0.2, -0.15) is 0 Å². The van der Waals surface area contributed by atoms with E-state index in [-0.39, 0.29) is 12.3 Å². The van der Waals surface area contributed by atoms with E-state index in [0.29, 0.717) is 41.9 Å². The van der Waals surface area contributed by atoms with Gasteiger partial charge in [0.15, 0.2) is 0 Å². The van der Waals surface area contributed by atoms with Crippen LogP contribution in [0.1, 0.15) is 36.3 Å².